The Bertz CT molecular complexity index is 1260. The quantitative estimate of drug-likeness (QED) is 0.425. The number of benzene rings is 1. The molecule has 0 atom stereocenters. The van der Waals surface area contributed by atoms with E-state index < -0.39 is 5.54 Å². The lowest BCUT2D eigenvalue weighted by atomic mass is 9.88. The first kappa shape index (κ1) is 22.9. The molecule has 2 fully saturated rings. The summed E-state index contributed by atoms with van der Waals surface area (Å²) in [5, 5.41) is 9.52. The van der Waals surface area contributed by atoms with Crippen LogP contribution in [0.2, 0.25) is 5.02 Å². The normalized spacial score (nSPS) is 17.9. The Kier molecular flexibility index (Phi) is 6.11. The zero-order valence-electron chi connectivity index (χ0n) is 19.8. The molecule has 34 heavy (non-hydrogen) atoms. The maximum atomic E-state index is 6.70. The Balaban J connectivity index is 1.37. The molecule has 1 aromatic carbocycles. The van der Waals surface area contributed by atoms with Crippen LogP contribution in [-0.4, -0.2) is 57.0 Å². The van der Waals surface area contributed by atoms with E-state index in [4.69, 9.17) is 27.1 Å². The summed E-state index contributed by atoms with van der Waals surface area (Å²) in [6.45, 7) is 9.82. The molecule has 0 unspecified atom stereocenters. The first-order valence-electron chi connectivity index (χ1n) is 11.7. The fourth-order valence-corrected chi connectivity index (χ4v) is 5.22. The predicted octanol–water partition coefficient (Wildman–Crippen LogP) is 3.76. The van der Waals surface area contributed by atoms with Crippen molar-refractivity contribution >= 4 is 34.1 Å². The highest BCUT2D eigenvalue weighted by molar-refractivity contribution is 6.32. The molecule has 3 aromatic rings. The second-order valence-electron chi connectivity index (χ2n) is 9.64. The summed E-state index contributed by atoms with van der Waals surface area (Å²) in [6.07, 6.45) is 5.76. The van der Waals surface area contributed by atoms with Crippen LogP contribution in [0, 0.1) is 18.9 Å². The number of nitrogens with zero attached hydrogens (tertiary/aromatic N) is 5. The summed E-state index contributed by atoms with van der Waals surface area (Å²) in [6, 6.07) is 7.20. The van der Waals surface area contributed by atoms with Gasteiger partial charge in [0.15, 0.2) is 0 Å². The van der Waals surface area contributed by atoms with Crippen molar-refractivity contribution in [3.63, 3.8) is 0 Å². The lowest BCUT2D eigenvalue weighted by Crippen LogP contribution is -2.51. The summed E-state index contributed by atoms with van der Waals surface area (Å²) in [4.78, 5) is 11.8. The summed E-state index contributed by atoms with van der Waals surface area (Å²) in [5.41, 5.74) is 8.73. The number of likely N-dealkylation sites (tertiary alicyclic amines) is 1. The Hall–Kier alpha value is -2.86. The number of rotatable bonds is 5. The van der Waals surface area contributed by atoms with E-state index in [2.05, 4.69) is 38.3 Å². The Morgan fingerprint density at radius 2 is 1.97 bits per heavy atom. The molecule has 5 rings (SSSR count). The minimum absolute atomic E-state index is 0.437. The molecule has 0 aliphatic carbocycles. The first-order chi connectivity index (χ1) is 16.4. The minimum atomic E-state index is -0.518. The lowest BCUT2D eigenvalue weighted by molar-refractivity contribution is -0.0712. The minimum Gasteiger partial charge on any atom is -0.378 e. The van der Waals surface area contributed by atoms with Gasteiger partial charge in [0.05, 0.1) is 42.4 Å². The third-order valence-electron chi connectivity index (χ3n) is 6.97. The van der Waals surface area contributed by atoms with Gasteiger partial charge in [0.25, 0.3) is 0 Å². The fourth-order valence-electron chi connectivity index (χ4n) is 4.90. The molecule has 4 heterocycles. The van der Waals surface area contributed by atoms with Crippen LogP contribution < -0.4 is 11.1 Å². The summed E-state index contributed by atoms with van der Waals surface area (Å²) < 4.78 is 7.20. The monoisotopic (exact) mass is 479 g/mol. The number of fused-ring (bicyclic) bond motifs is 1. The first-order valence-corrected chi connectivity index (χ1v) is 12.1. The van der Waals surface area contributed by atoms with E-state index in [1.807, 2.05) is 37.7 Å². The number of nitrogens with one attached hydrogen (secondary N) is 1. The molecule has 2 aromatic heterocycles. The van der Waals surface area contributed by atoms with Crippen LogP contribution in [0.3, 0.4) is 0 Å². The smallest absolute Gasteiger partial charge is 0.227 e. The highest BCUT2D eigenvalue weighted by atomic mass is 35.5. The van der Waals surface area contributed by atoms with E-state index in [1.54, 1.807) is 6.20 Å². The number of ether oxygens (including phenoxy) is 1. The summed E-state index contributed by atoms with van der Waals surface area (Å²) in [5.74, 6) is 3.94. The van der Waals surface area contributed by atoms with Crippen molar-refractivity contribution < 1.29 is 4.74 Å². The van der Waals surface area contributed by atoms with Gasteiger partial charge in [-0.2, -0.15) is 5.10 Å². The van der Waals surface area contributed by atoms with Gasteiger partial charge in [-0.15, -0.1) is 0 Å². The molecule has 9 heteroatoms. The zero-order chi connectivity index (χ0) is 23.9. The highest BCUT2D eigenvalue weighted by Crippen LogP contribution is 2.36. The van der Waals surface area contributed by atoms with Gasteiger partial charge >= 0.3 is 0 Å². The van der Waals surface area contributed by atoms with Crippen LogP contribution in [0.1, 0.15) is 43.9 Å². The van der Waals surface area contributed by atoms with E-state index in [0.29, 0.717) is 17.9 Å². The Morgan fingerprint density at radius 3 is 2.65 bits per heavy atom. The molecule has 3 N–H and O–H groups in total. The molecule has 2 aliphatic heterocycles. The predicted molar refractivity (Wildman–Crippen MR) is 134 cm³/mol. The van der Waals surface area contributed by atoms with Gasteiger partial charge in [0.2, 0.25) is 5.95 Å². The van der Waals surface area contributed by atoms with Gasteiger partial charge in [0, 0.05) is 22.7 Å². The second-order valence-corrected chi connectivity index (χ2v) is 10.0. The Morgan fingerprint density at radius 1 is 1.21 bits per heavy atom. The zero-order valence-corrected chi connectivity index (χ0v) is 20.6. The van der Waals surface area contributed by atoms with Crippen LogP contribution in [0.15, 0.2) is 24.5 Å². The number of hydrogen-bond acceptors (Lipinski definition) is 7. The van der Waals surface area contributed by atoms with E-state index in [0.717, 1.165) is 66.5 Å². The van der Waals surface area contributed by atoms with Gasteiger partial charge in [0.1, 0.15) is 5.54 Å². The van der Waals surface area contributed by atoms with Gasteiger partial charge in [-0.05, 0) is 70.3 Å². The maximum absolute atomic E-state index is 6.70. The van der Waals surface area contributed by atoms with Crippen LogP contribution >= 0.6 is 11.6 Å². The van der Waals surface area contributed by atoms with Crippen LogP contribution in [0.4, 0.5) is 11.6 Å². The van der Waals surface area contributed by atoms with Crippen LogP contribution in [0.25, 0.3) is 10.9 Å². The Labute approximate surface area is 204 Å². The molecule has 8 nitrogen and oxygen atoms in total. The molecule has 0 radical (unpaired) electrons. The van der Waals surface area contributed by atoms with Gasteiger partial charge in [-0.3, -0.25) is 9.58 Å². The third kappa shape index (κ3) is 4.31. The third-order valence-corrected chi connectivity index (χ3v) is 7.30. The maximum Gasteiger partial charge on any atom is 0.227 e. The van der Waals surface area contributed by atoms with E-state index in [1.165, 1.54) is 5.56 Å². The number of hydrogen-bond donors (Lipinski definition) is 2. The lowest BCUT2D eigenvalue weighted by Gasteiger charge is -2.41. The van der Waals surface area contributed by atoms with Crippen molar-refractivity contribution in [1.29, 1.82) is 0 Å². The highest BCUT2D eigenvalue weighted by Gasteiger charge is 2.31. The van der Waals surface area contributed by atoms with Crippen molar-refractivity contribution in [1.82, 2.24) is 24.6 Å². The molecule has 2 aliphatic rings. The average molecular weight is 480 g/mol. The van der Waals surface area contributed by atoms with Crippen LogP contribution in [0.5, 0.6) is 0 Å². The van der Waals surface area contributed by atoms with Crippen molar-refractivity contribution in [2.45, 2.75) is 51.1 Å². The van der Waals surface area contributed by atoms with Crippen molar-refractivity contribution in [3.8, 4) is 12.0 Å². The molecule has 0 bridgehead atoms. The molecular weight excluding hydrogens is 450 g/mol. The molecule has 0 amide bonds. The molecule has 178 valence electrons. The fraction of sp³-hybridized carbons (Fsp3) is 0.480. The van der Waals surface area contributed by atoms with Crippen LogP contribution in [-0.2, 0) is 10.3 Å². The molecule has 0 spiro atoms. The number of piperidine rings is 1. The van der Waals surface area contributed by atoms with Gasteiger partial charge in [-0.1, -0.05) is 17.5 Å². The van der Waals surface area contributed by atoms with E-state index in [-0.39, 0.29) is 0 Å². The van der Waals surface area contributed by atoms with Crippen molar-refractivity contribution in [3.05, 3.63) is 40.8 Å². The number of nitrogens with two attached hydrogens (primary N) is 1. The number of aromatic nitrogens is 4. The molecular formula is C25H30ClN7O. The summed E-state index contributed by atoms with van der Waals surface area (Å²) in [7, 11) is 0. The van der Waals surface area contributed by atoms with Gasteiger partial charge in [-0.25, -0.2) is 9.97 Å². The SMILES string of the molecule is Cc1c(Nc2ncc3cc(Cl)c(C4CCN(C5COC5)CC4)cc3n2)cnn1C(C)(C)C#CN. The number of halogens is 1. The standard InChI is InChI=1S/C25H30ClN7O/c1-16-23(13-29-33(16)25(2,3)6-7-27)31-24-28-12-18-10-21(26)20(11-22(18)30-24)17-4-8-32(9-5-17)19-14-34-15-19/h10-13,17,19H,4-5,8-9,14-15,27H2,1-3H3,(H,28,30,31). The summed E-state index contributed by atoms with van der Waals surface area (Å²) >= 11 is 6.70. The topological polar surface area (TPSA) is 94.1 Å². The number of anilines is 2. The van der Waals surface area contributed by atoms with E-state index in [9.17, 15) is 0 Å². The molecule has 0 saturated carbocycles. The van der Waals surface area contributed by atoms with E-state index >= 15 is 0 Å². The second kappa shape index (κ2) is 9.06. The largest absolute Gasteiger partial charge is 0.378 e. The van der Waals surface area contributed by atoms with Gasteiger partial charge < -0.3 is 15.8 Å². The average Bonchev–Trinajstić information content (AvgIpc) is 3.14. The van der Waals surface area contributed by atoms with Crippen molar-refractivity contribution in [2.75, 3.05) is 31.6 Å². The van der Waals surface area contributed by atoms with Crippen molar-refractivity contribution in [2.24, 2.45) is 5.73 Å². The molecule has 2 saturated heterocycles.